The molecule has 0 aromatic heterocycles. The van der Waals surface area contributed by atoms with Crippen molar-refractivity contribution in [3.8, 4) is 0 Å². The van der Waals surface area contributed by atoms with Gasteiger partial charge < -0.3 is 10.2 Å². The lowest BCUT2D eigenvalue weighted by atomic mass is 10.1. The van der Waals surface area contributed by atoms with Crippen molar-refractivity contribution >= 4 is 5.69 Å². The Morgan fingerprint density at radius 3 is 2.79 bits per heavy atom. The maximum absolute atomic E-state index is 13.3. The summed E-state index contributed by atoms with van der Waals surface area (Å²) in [6.07, 6.45) is 3.37. The highest BCUT2D eigenvalue weighted by Crippen LogP contribution is 2.28. The van der Waals surface area contributed by atoms with Crippen LogP contribution in [0.1, 0.15) is 39.2 Å². The number of nitrogens with one attached hydrogen (secondary N) is 1. The molecule has 0 atom stereocenters. The molecular weight excluding hydrogens is 239 g/mol. The van der Waals surface area contributed by atoms with E-state index in [1.165, 1.54) is 12.0 Å². The number of benzene rings is 1. The van der Waals surface area contributed by atoms with Gasteiger partial charge in [0.2, 0.25) is 0 Å². The van der Waals surface area contributed by atoms with Crippen LogP contribution >= 0.6 is 0 Å². The monoisotopic (exact) mass is 264 g/mol. The fraction of sp³-hybridized carbons (Fsp3) is 0.625. The van der Waals surface area contributed by atoms with Crippen molar-refractivity contribution in [3.05, 3.63) is 29.6 Å². The molecule has 0 radical (unpaired) electrons. The predicted octanol–water partition coefficient (Wildman–Crippen LogP) is 3.36. The predicted molar refractivity (Wildman–Crippen MR) is 79.3 cm³/mol. The molecule has 3 heteroatoms. The number of unbranched alkanes of at least 4 members (excludes halogenated alkanes) is 1. The summed E-state index contributed by atoms with van der Waals surface area (Å²) in [7, 11) is 0. The first-order valence-corrected chi connectivity index (χ1v) is 7.24. The topological polar surface area (TPSA) is 15.3 Å². The lowest BCUT2D eigenvalue weighted by molar-refractivity contribution is 0.419. The molecule has 1 aromatic carbocycles. The lowest BCUT2D eigenvalue weighted by Gasteiger charge is -2.22. The molecule has 0 fully saturated rings. The number of halogens is 1. The minimum Gasteiger partial charge on any atom is -0.371 e. The highest BCUT2D eigenvalue weighted by Gasteiger charge is 2.18. The van der Waals surface area contributed by atoms with Crippen LogP contribution in [0.25, 0.3) is 0 Å². The van der Waals surface area contributed by atoms with Crippen LogP contribution in [0.3, 0.4) is 0 Å². The molecule has 0 saturated carbocycles. The largest absolute Gasteiger partial charge is 0.371 e. The average molecular weight is 264 g/mol. The minimum atomic E-state index is -0.125. The molecule has 0 saturated heterocycles. The Bertz CT molecular complexity index is 423. The van der Waals surface area contributed by atoms with E-state index in [-0.39, 0.29) is 11.4 Å². The average Bonchev–Trinajstić information content (AvgIpc) is 2.70. The second-order valence-corrected chi connectivity index (χ2v) is 6.39. The molecule has 0 bridgehead atoms. The zero-order valence-electron chi connectivity index (χ0n) is 12.3. The molecule has 106 valence electrons. The molecule has 1 N–H and O–H groups in total. The lowest BCUT2D eigenvalue weighted by Crippen LogP contribution is -2.36. The molecule has 1 aliphatic heterocycles. The summed E-state index contributed by atoms with van der Waals surface area (Å²) in [6, 6.07) is 5.16. The van der Waals surface area contributed by atoms with Crippen molar-refractivity contribution in [2.75, 3.05) is 24.5 Å². The molecular formula is C16H25FN2. The van der Waals surface area contributed by atoms with Gasteiger partial charge in [0.15, 0.2) is 0 Å². The quantitative estimate of drug-likeness (QED) is 0.820. The standard InChI is InChI=1S/C16H25FN2/c1-16(2,3)18-9-4-5-10-19-11-8-13-6-7-14(17)12-15(13)19/h6-7,12,18H,4-5,8-11H2,1-3H3. The molecule has 1 heterocycles. The zero-order valence-corrected chi connectivity index (χ0v) is 12.3. The fourth-order valence-electron chi connectivity index (χ4n) is 2.54. The SMILES string of the molecule is CC(C)(C)NCCCCN1CCc2ccc(F)cc21. The third-order valence-corrected chi connectivity index (χ3v) is 3.55. The number of anilines is 1. The summed E-state index contributed by atoms with van der Waals surface area (Å²) in [5, 5.41) is 3.50. The van der Waals surface area contributed by atoms with Crippen molar-refractivity contribution in [1.82, 2.24) is 5.32 Å². The number of hydrogen-bond acceptors (Lipinski definition) is 2. The summed E-state index contributed by atoms with van der Waals surface area (Å²) in [6.45, 7) is 9.67. The van der Waals surface area contributed by atoms with Gasteiger partial charge in [-0.25, -0.2) is 4.39 Å². The van der Waals surface area contributed by atoms with Crippen molar-refractivity contribution in [2.24, 2.45) is 0 Å². The smallest absolute Gasteiger partial charge is 0.125 e. The molecule has 2 rings (SSSR count). The second-order valence-electron chi connectivity index (χ2n) is 6.39. The van der Waals surface area contributed by atoms with Crippen LogP contribution in [-0.2, 0) is 6.42 Å². The summed E-state index contributed by atoms with van der Waals surface area (Å²) in [5.74, 6) is -0.125. The van der Waals surface area contributed by atoms with E-state index in [0.29, 0.717) is 0 Å². The molecule has 0 aliphatic carbocycles. The van der Waals surface area contributed by atoms with Crippen LogP contribution in [0.5, 0.6) is 0 Å². The van der Waals surface area contributed by atoms with Crippen LogP contribution in [0, 0.1) is 5.82 Å². The van der Waals surface area contributed by atoms with Gasteiger partial charge in [-0.15, -0.1) is 0 Å². The van der Waals surface area contributed by atoms with Crippen LogP contribution in [0.2, 0.25) is 0 Å². The van der Waals surface area contributed by atoms with Crippen LogP contribution < -0.4 is 10.2 Å². The van der Waals surface area contributed by atoms with E-state index < -0.39 is 0 Å². The summed E-state index contributed by atoms with van der Waals surface area (Å²) >= 11 is 0. The third kappa shape index (κ3) is 4.20. The van der Waals surface area contributed by atoms with E-state index in [1.807, 2.05) is 6.07 Å². The number of hydrogen-bond donors (Lipinski definition) is 1. The Hall–Kier alpha value is -1.09. The maximum atomic E-state index is 13.3. The van der Waals surface area contributed by atoms with Gasteiger partial charge in [-0.2, -0.15) is 0 Å². The molecule has 19 heavy (non-hydrogen) atoms. The molecule has 0 amide bonds. The molecule has 0 unspecified atom stereocenters. The van der Waals surface area contributed by atoms with E-state index in [0.717, 1.165) is 38.2 Å². The summed E-state index contributed by atoms with van der Waals surface area (Å²) in [4.78, 5) is 2.31. The van der Waals surface area contributed by atoms with Crippen molar-refractivity contribution in [2.45, 2.75) is 45.6 Å². The van der Waals surface area contributed by atoms with Gasteiger partial charge in [0, 0.05) is 24.3 Å². The first-order chi connectivity index (χ1) is 8.96. The van der Waals surface area contributed by atoms with Gasteiger partial charge in [0.05, 0.1) is 0 Å². The van der Waals surface area contributed by atoms with Crippen LogP contribution in [0.4, 0.5) is 10.1 Å². The molecule has 1 aliphatic rings. The highest BCUT2D eigenvalue weighted by molar-refractivity contribution is 5.58. The van der Waals surface area contributed by atoms with Crippen LogP contribution in [0.15, 0.2) is 18.2 Å². The van der Waals surface area contributed by atoms with E-state index in [2.05, 4.69) is 31.0 Å². The summed E-state index contributed by atoms with van der Waals surface area (Å²) in [5.41, 5.74) is 2.58. The van der Waals surface area contributed by atoms with E-state index in [1.54, 1.807) is 12.1 Å². The first-order valence-electron chi connectivity index (χ1n) is 7.24. The fourth-order valence-corrected chi connectivity index (χ4v) is 2.54. The Morgan fingerprint density at radius 1 is 1.26 bits per heavy atom. The number of rotatable bonds is 5. The van der Waals surface area contributed by atoms with Gasteiger partial charge in [0.1, 0.15) is 5.82 Å². The second kappa shape index (κ2) is 5.91. The molecule has 0 spiro atoms. The molecule has 2 nitrogen and oxygen atoms in total. The van der Waals surface area contributed by atoms with E-state index in [9.17, 15) is 4.39 Å². The zero-order chi connectivity index (χ0) is 13.9. The van der Waals surface area contributed by atoms with Crippen molar-refractivity contribution in [3.63, 3.8) is 0 Å². The minimum absolute atomic E-state index is 0.125. The van der Waals surface area contributed by atoms with Gasteiger partial charge in [-0.3, -0.25) is 0 Å². The van der Waals surface area contributed by atoms with Crippen LogP contribution in [-0.4, -0.2) is 25.2 Å². The maximum Gasteiger partial charge on any atom is 0.125 e. The highest BCUT2D eigenvalue weighted by atomic mass is 19.1. The normalized spacial score (nSPS) is 14.8. The Labute approximate surface area is 116 Å². The van der Waals surface area contributed by atoms with Crippen molar-refractivity contribution in [1.29, 1.82) is 0 Å². The Morgan fingerprint density at radius 2 is 2.05 bits per heavy atom. The first kappa shape index (κ1) is 14.3. The van der Waals surface area contributed by atoms with Gasteiger partial charge in [0.25, 0.3) is 0 Å². The summed E-state index contributed by atoms with van der Waals surface area (Å²) < 4.78 is 13.3. The number of nitrogens with zero attached hydrogens (tertiary/aromatic N) is 1. The van der Waals surface area contributed by atoms with Gasteiger partial charge in [-0.1, -0.05) is 6.07 Å². The van der Waals surface area contributed by atoms with E-state index in [4.69, 9.17) is 0 Å². The van der Waals surface area contributed by atoms with Crippen molar-refractivity contribution < 1.29 is 4.39 Å². The third-order valence-electron chi connectivity index (χ3n) is 3.55. The van der Waals surface area contributed by atoms with Gasteiger partial charge >= 0.3 is 0 Å². The Kier molecular flexibility index (Phi) is 4.46. The van der Waals surface area contributed by atoms with E-state index >= 15 is 0 Å². The van der Waals surface area contributed by atoms with Gasteiger partial charge in [-0.05, 0) is 64.3 Å². The molecule has 1 aromatic rings. The Balaban J connectivity index is 1.76. The number of fused-ring (bicyclic) bond motifs is 1.